The van der Waals surface area contributed by atoms with Crippen molar-refractivity contribution in [3.05, 3.63) is 0 Å². The molecule has 2 atom stereocenters. The third-order valence-electron chi connectivity index (χ3n) is 2.05. The molecule has 2 unspecified atom stereocenters. The predicted molar refractivity (Wildman–Crippen MR) is 53.0 cm³/mol. The van der Waals surface area contributed by atoms with Crippen molar-refractivity contribution < 1.29 is 24.1 Å². The van der Waals surface area contributed by atoms with E-state index < -0.39 is 5.43 Å². The molecule has 2 fully saturated rings. The van der Waals surface area contributed by atoms with Gasteiger partial charge in [-0.15, -0.1) is 0 Å². The molecule has 15 heavy (non-hydrogen) atoms. The third-order valence-corrected chi connectivity index (χ3v) is 2.14. The fraction of sp³-hybridized carbons (Fsp3) is 0.889. The molecule has 0 aromatic rings. The summed E-state index contributed by atoms with van der Waals surface area (Å²) < 4.78 is 14.3. The van der Waals surface area contributed by atoms with Gasteiger partial charge in [-0.25, -0.2) is 4.79 Å². The van der Waals surface area contributed by atoms with Crippen molar-refractivity contribution in [3.63, 3.8) is 0 Å². The van der Waals surface area contributed by atoms with Crippen LogP contribution in [0.25, 0.3) is 0 Å². The van der Waals surface area contributed by atoms with Crippen molar-refractivity contribution >= 4 is 17.0 Å². The number of hydrogen-bond donors (Lipinski definition) is 1. The second-order valence-electron chi connectivity index (χ2n) is 3.36. The zero-order valence-electron chi connectivity index (χ0n) is 8.36. The Hall–Kier alpha value is -0.360. The van der Waals surface area contributed by atoms with Gasteiger partial charge in [0.1, 0.15) is 6.10 Å². The molecule has 2 saturated heterocycles. The van der Waals surface area contributed by atoms with Gasteiger partial charge in [-0.05, 0) is 6.42 Å². The van der Waals surface area contributed by atoms with Gasteiger partial charge in [-0.1, -0.05) is 0 Å². The molecule has 2 aliphatic heterocycles. The lowest BCUT2D eigenvalue weighted by Crippen LogP contribution is -2.13. The quantitative estimate of drug-likeness (QED) is 0.688. The highest BCUT2D eigenvalue weighted by atomic mass is 35.5. The summed E-state index contributed by atoms with van der Waals surface area (Å²) in [6.45, 7) is 2.43. The van der Waals surface area contributed by atoms with Crippen LogP contribution in [0, 0.1) is 0 Å². The molecule has 5 nitrogen and oxygen atoms in total. The van der Waals surface area contributed by atoms with Gasteiger partial charge in [0.15, 0.2) is 0 Å². The van der Waals surface area contributed by atoms with Crippen LogP contribution in [0.1, 0.15) is 12.8 Å². The van der Waals surface area contributed by atoms with Crippen molar-refractivity contribution in [1.82, 2.24) is 0 Å². The van der Waals surface area contributed by atoms with Gasteiger partial charge < -0.3 is 19.3 Å². The smallest absolute Gasteiger partial charge is 0.404 e. The number of carbonyl (C=O) groups excluding carboxylic acids is 1. The fourth-order valence-corrected chi connectivity index (χ4v) is 1.38. The average molecular weight is 239 g/mol. The fourth-order valence-electron chi connectivity index (χ4n) is 1.26. The Labute approximate surface area is 93.3 Å². The van der Waals surface area contributed by atoms with Crippen LogP contribution < -0.4 is 0 Å². The van der Waals surface area contributed by atoms with Crippen LogP contribution in [-0.4, -0.2) is 49.2 Å². The van der Waals surface area contributed by atoms with E-state index in [0.717, 1.165) is 19.4 Å². The van der Waals surface area contributed by atoms with E-state index in [9.17, 15) is 4.79 Å². The lowest BCUT2D eigenvalue weighted by molar-refractivity contribution is 0.101. The maximum Gasteiger partial charge on any atom is 0.404 e. The van der Waals surface area contributed by atoms with Gasteiger partial charge in [0, 0.05) is 24.6 Å². The Morgan fingerprint density at radius 1 is 1.27 bits per heavy atom. The maximum absolute atomic E-state index is 10.1. The molecule has 0 amide bonds. The van der Waals surface area contributed by atoms with E-state index in [1.54, 1.807) is 0 Å². The lowest BCUT2D eigenvalue weighted by Gasteiger charge is -2.04. The number of carbonyl (C=O) groups is 1. The monoisotopic (exact) mass is 238 g/mol. The van der Waals surface area contributed by atoms with Crippen molar-refractivity contribution in [2.45, 2.75) is 25.0 Å². The zero-order chi connectivity index (χ0) is 11.1. The second-order valence-corrected chi connectivity index (χ2v) is 3.67. The van der Waals surface area contributed by atoms with Crippen molar-refractivity contribution in [2.75, 3.05) is 26.4 Å². The number of halogens is 1. The summed E-state index contributed by atoms with van der Waals surface area (Å²) in [5.41, 5.74) is -0.745. The molecule has 0 aliphatic carbocycles. The standard InChI is InChI=1S/C5H7ClO3.C4H8O2/c6-5(7)9-4-1-2-8-3-4;5-4-1-2-6-3-4/h4H,1-3H2;4-5H,1-3H2. The van der Waals surface area contributed by atoms with E-state index in [2.05, 4.69) is 4.74 Å². The molecule has 0 aromatic carbocycles. The van der Waals surface area contributed by atoms with E-state index in [1.807, 2.05) is 0 Å². The maximum atomic E-state index is 10.1. The minimum absolute atomic E-state index is 0.116. The number of rotatable bonds is 1. The van der Waals surface area contributed by atoms with E-state index in [4.69, 9.17) is 26.2 Å². The van der Waals surface area contributed by atoms with Crippen LogP contribution in [0.3, 0.4) is 0 Å². The summed E-state index contributed by atoms with van der Waals surface area (Å²) in [6, 6.07) is 0. The van der Waals surface area contributed by atoms with E-state index in [1.165, 1.54) is 0 Å². The Balaban J connectivity index is 0.000000162. The number of aliphatic hydroxyl groups excluding tert-OH is 1. The number of ether oxygens (including phenoxy) is 3. The molecule has 2 aliphatic rings. The topological polar surface area (TPSA) is 65.0 Å². The summed E-state index contributed by atoms with van der Waals surface area (Å²) in [5.74, 6) is 0. The Kier molecular flexibility index (Phi) is 5.93. The summed E-state index contributed by atoms with van der Waals surface area (Å²) in [4.78, 5) is 10.1. The van der Waals surface area contributed by atoms with Gasteiger partial charge in [0.25, 0.3) is 0 Å². The molecule has 0 spiro atoms. The summed E-state index contributed by atoms with van der Waals surface area (Å²) in [7, 11) is 0. The van der Waals surface area contributed by atoms with Gasteiger partial charge in [0.2, 0.25) is 0 Å². The Morgan fingerprint density at radius 2 is 1.93 bits per heavy atom. The second kappa shape index (κ2) is 7.00. The SMILES string of the molecule is O=C(Cl)OC1CCOC1.OC1CCOC1. The van der Waals surface area contributed by atoms with Crippen LogP contribution in [0.2, 0.25) is 0 Å². The summed E-state index contributed by atoms with van der Waals surface area (Å²) in [5, 5.41) is 8.60. The first kappa shape index (κ1) is 12.7. The van der Waals surface area contributed by atoms with Crippen molar-refractivity contribution in [1.29, 1.82) is 0 Å². The number of aliphatic hydroxyl groups is 1. The summed E-state index contributed by atoms with van der Waals surface area (Å²) in [6.07, 6.45) is 1.29. The van der Waals surface area contributed by atoms with Gasteiger partial charge in [-0.3, -0.25) is 0 Å². The number of hydrogen-bond acceptors (Lipinski definition) is 5. The third kappa shape index (κ3) is 5.94. The first-order chi connectivity index (χ1) is 7.18. The highest BCUT2D eigenvalue weighted by molar-refractivity contribution is 6.61. The largest absolute Gasteiger partial charge is 0.448 e. The van der Waals surface area contributed by atoms with Gasteiger partial charge >= 0.3 is 5.43 Å². The molecule has 6 heteroatoms. The normalized spacial score (nSPS) is 29.5. The first-order valence-corrected chi connectivity index (χ1v) is 5.26. The van der Waals surface area contributed by atoms with Crippen molar-refractivity contribution in [3.8, 4) is 0 Å². The molecule has 2 rings (SSSR count). The molecule has 0 bridgehead atoms. The predicted octanol–water partition coefficient (Wildman–Crippen LogP) is 0.918. The molecule has 0 radical (unpaired) electrons. The molecule has 2 heterocycles. The molecule has 0 aromatic heterocycles. The zero-order valence-corrected chi connectivity index (χ0v) is 9.11. The Morgan fingerprint density at radius 3 is 2.27 bits per heavy atom. The molecular weight excluding hydrogens is 224 g/mol. The van der Waals surface area contributed by atoms with Crippen LogP contribution >= 0.6 is 11.6 Å². The van der Waals surface area contributed by atoms with E-state index in [-0.39, 0.29) is 12.2 Å². The molecule has 88 valence electrons. The van der Waals surface area contributed by atoms with Gasteiger partial charge in [-0.2, -0.15) is 0 Å². The van der Waals surface area contributed by atoms with Crippen LogP contribution in [-0.2, 0) is 14.2 Å². The van der Waals surface area contributed by atoms with Crippen LogP contribution in [0.4, 0.5) is 4.79 Å². The first-order valence-electron chi connectivity index (χ1n) is 4.88. The van der Waals surface area contributed by atoms with Crippen molar-refractivity contribution in [2.24, 2.45) is 0 Å². The average Bonchev–Trinajstić information content (AvgIpc) is 2.78. The highest BCUT2D eigenvalue weighted by Gasteiger charge is 2.18. The van der Waals surface area contributed by atoms with E-state index >= 15 is 0 Å². The summed E-state index contributed by atoms with van der Waals surface area (Å²) >= 11 is 4.94. The highest BCUT2D eigenvalue weighted by Crippen LogP contribution is 2.09. The minimum atomic E-state index is -0.745. The lowest BCUT2D eigenvalue weighted by atomic mass is 10.3. The Bertz CT molecular complexity index is 187. The molecule has 1 N–H and O–H groups in total. The van der Waals surface area contributed by atoms with E-state index in [0.29, 0.717) is 19.8 Å². The van der Waals surface area contributed by atoms with Gasteiger partial charge in [0.05, 0.1) is 25.9 Å². The minimum Gasteiger partial charge on any atom is -0.448 e. The van der Waals surface area contributed by atoms with Crippen LogP contribution in [0.5, 0.6) is 0 Å². The van der Waals surface area contributed by atoms with Crippen LogP contribution in [0.15, 0.2) is 0 Å². The molecular formula is C9H15ClO5. The molecule has 0 saturated carbocycles.